The smallest absolute Gasteiger partial charge is 0.275 e. The Morgan fingerprint density at radius 3 is 2.05 bits per heavy atom. The summed E-state index contributed by atoms with van der Waals surface area (Å²) in [5.74, 6) is -0.651. The molecule has 1 aromatic rings. The lowest BCUT2D eigenvalue weighted by atomic mass is 10.1. The molecule has 0 fully saturated rings. The van der Waals surface area contributed by atoms with Crippen LogP contribution in [0.15, 0.2) is 34.8 Å². The molecule has 0 unspecified atom stereocenters. The monoisotopic (exact) mass is 318 g/mol. The zero-order chi connectivity index (χ0) is 13.7. The Morgan fingerprint density at radius 1 is 1.15 bits per heavy atom. The Morgan fingerprint density at radius 2 is 1.65 bits per heavy atom. The fourth-order valence-electron chi connectivity index (χ4n) is 1.39. The van der Waals surface area contributed by atoms with Crippen molar-refractivity contribution in [3.8, 4) is 0 Å². The molecule has 112 valence electrons. The van der Waals surface area contributed by atoms with Gasteiger partial charge in [-0.15, -0.1) is 24.8 Å². The molecule has 1 aromatic carbocycles. The van der Waals surface area contributed by atoms with E-state index in [-0.39, 0.29) is 30.8 Å². The minimum absolute atomic E-state index is 0. The lowest BCUT2D eigenvalue weighted by Crippen LogP contribution is -2.24. The van der Waals surface area contributed by atoms with Crippen molar-refractivity contribution in [1.82, 2.24) is 0 Å². The van der Waals surface area contributed by atoms with Crippen LogP contribution in [0.5, 0.6) is 0 Å². The highest BCUT2D eigenvalue weighted by atomic mass is 35.5. The Bertz CT molecular complexity index is 492. The normalized spacial score (nSPS) is 9.85. The number of nitrogens with zero attached hydrogens (tertiary/aromatic N) is 2. The van der Waals surface area contributed by atoms with E-state index in [0.29, 0.717) is 5.57 Å². The van der Waals surface area contributed by atoms with Crippen LogP contribution in [0.1, 0.15) is 12.5 Å². The molecule has 0 aliphatic rings. The molecule has 1 amide bonds. The van der Waals surface area contributed by atoms with Crippen molar-refractivity contribution in [2.24, 2.45) is 16.5 Å². The number of hydrogen-bond donors (Lipinski definition) is 2. The van der Waals surface area contributed by atoms with Gasteiger partial charge in [-0.05, 0) is 30.7 Å². The van der Waals surface area contributed by atoms with Gasteiger partial charge in [0, 0.05) is 25.4 Å². The molecule has 7 heteroatoms. The number of anilines is 1. The van der Waals surface area contributed by atoms with Gasteiger partial charge in [0.25, 0.3) is 5.91 Å². The fraction of sp³-hybridized carbons (Fsp3) is 0.231. The molecule has 0 bridgehead atoms. The first-order valence-corrected chi connectivity index (χ1v) is 5.50. The van der Waals surface area contributed by atoms with Crippen LogP contribution in [-0.4, -0.2) is 26.0 Å². The molecule has 0 saturated heterocycles. The maximum Gasteiger partial charge on any atom is 0.275 e. The summed E-state index contributed by atoms with van der Waals surface area (Å²) in [4.78, 5) is 17.0. The van der Waals surface area contributed by atoms with Crippen molar-refractivity contribution in [2.45, 2.75) is 6.92 Å². The third-order valence-corrected chi connectivity index (χ3v) is 2.36. The quantitative estimate of drug-likeness (QED) is 0.505. The molecular formula is C13H20Cl2N4O. The first kappa shape index (κ1) is 20.6. The SMILES string of the molecule is C/C(=C\c1ccc(N(C)C)cc1)C(=O)N=C(N)N.Cl.Cl. The van der Waals surface area contributed by atoms with Gasteiger partial charge < -0.3 is 16.4 Å². The van der Waals surface area contributed by atoms with E-state index >= 15 is 0 Å². The average Bonchev–Trinajstić information content (AvgIpc) is 2.28. The van der Waals surface area contributed by atoms with E-state index < -0.39 is 5.91 Å². The number of halogens is 2. The molecular weight excluding hydrogens is 299 g/mol. The first-order valence-electron chi connectivity index (χ1n) is 5.50. The third kappa shape index (κ3) is 6.45. The van der Waals surface area contributed by atoms with Crippen LogP contribution in [-0.2, 0) is 4.79 Å². The average molecular weight is 319 g/mol. The van der Waals surface area contributed by atoms with E-state index in [9.17, 15) is 4.79 Å². The maximum absolute atomic E-state index is 11.5. The molecule has 4 N–H and O–H groups in total. The molecule has 0 spiro atoms. The van der Waals surface area contributed by atoms with E-state index in [1.807, 2.05) is 43.3 Å². The summed E-state index contributed by atoms with van der Waals surface area (Å²) < 4.78 is 0. The predicted octanol–water partition coefficient (Wildman–Crippen LogP) is 1.80. The number of hydrogen-bond acceptors (Lipinski definition) is 2. The molecule has 0 saturated carbocycles. The number of carbonyl (C=O) groups excluding carboxylic acids is 1. The minimum Gasteiger partial charge on any atom is -0.378 e. The first-order chi connectivity index (χ1) is 8.40. The summed E-state index contributed by atoms with van der Waals surface area (Å²) in [7, 11) is 3.94. The van der Waals surface area contributed by atoms with Gasteiger partial charge in [-0.25, -0.2) is 0 Å². The summed E-state index contributed by atoms with van der Waals surface area (Å²) in [6, 6.07) is 7.82. The molecule has 1 rings (SSSR count). The van der Waals surface area contributed by atoms with E-state index in [1.54, 1.807) is 13.0 Å². The standard InChI is InChI=1S/C13H18N4O.2ClH/c1-9(12(18)16-13(14)15)8-10-4-6-11(7-5-10)17(2)3;;/h4-8H,1-3H3,(H4,14,15,16,18);2*1H/b9-8+;;. The van der Waals surface area contributed by atoms with Crippen LogP contribution in [0.4, 0.5) is 5.69 Å². The van der Waals surface area contributed by atoms with E-state index in [4.69, 9.17) is 11.5 Å². The second kappa shape index (κ2) is 9.23. The number of rotatable bonds is 3. The molecule has 20 heavy (non-hydrogen) atoms. The van der Waals surface area contributed by atoms with Gasteiger partial charge in [-0.1, -0.05) is 12.1 Å². The number of amides is 1. The van der Waals surface area contributed by atoms with Crippen molar-refractivity contribution in [3.63, 3.8) is 0 Å². The molecule has 5 nitrogen and oxygen atoms in total. The number of guanidine groups is 1. The Kier molecular flexibility index (Phi) is 9.50. The Hall–Kier alpha value is -1.72. The lowest BCUT2D eigenvalue weighted by Gasteiger charge is -2.11. The molecule has 0 atom stereocenters. The van der Waals surface area contributed by atoms with Crippen molar-refractivity contribution in [1.29, 1.82) is 0 Å². The largest absolute Gasteiger partial charge is 0.378 e. The van der Waals surface area contributed by atoms with Crippen molar-refractivity contribution < 1.29 is 4.79 Å². The zero-order valence-corrected chi connectivity index (χ0v) is 13.3. The van der Waals surface area contributed by atoms with Gasteiger partial charge in [0.2, 0.25) is 0 Å². The number of carbonyl (C=O) groups is 1. The Labute approximate surface area is 131 Å². The third-order valence-electron chi connectivity index (χ3n) is 2.36. The van der Waals surface area contributed by atoms with Crippen molar-refractivity contribution >= 4 is 48.4 Å². The van der Waals surface area contributed by atoms with Crippen molar-refractivity contribution in [2.75, 3.05) is 19.0 Å². The molecule has 0 radical (unpaired) electrons. The van der Waals surface area contributed by atoms with Crippen LogP contribution in [0, 0.1) is 0 Å². The van der Waals surface area contributed by atoms with E-state index in [2.05, 4.69) is 4.99 Å². The van der Waals surface area contributed by atoms with Gasteiger partial charge >= 0.3 is 0 Å². The fourth-order valence-corrected chi connectivity index (χ4v) is 1.39. The van der Waals surface area contributed by atoms with Crippen LogP contribution in [0.25, 0.3) is 6.08 Å². The summed E-state index contributed by atoms with van der Waals surface area (Å²) in [6.07, 6.45) is 1.74. The zero-order valence-electron chi connectivity index (χ0n) is 11.7. The summed E-state index contributed by atoms with van der Waals surface area (Å²) >= 11 is 0. The highest BCUT2D eigenvalue weighted by Crippen LogP contribution is 2.14. The second-order valence-electron chi connectivity index (χ2n) is 4.16. The Balaban J connectivity index is 0. The lowest BCUT2D eigenvalue weighted by molar-refractivity contribution is -0.114. The van der Waals surface area contributed by atoms with Crippen LogP contribution >= 0.6 is 24.8 Å². The number of nitrogens with two attached hydrogens (primary N) is 2. The van der Waals surface area contributed by atoms with Crippen LogP contribution < -0.4 is 16.4 Å². The minimum atomic E-state index is -0.424. The number of benzene rings is 1. The van der Waals surface area contributed by atoms with Gasteiger partial charge in [0.05, 0.1) is 0 Å². The molecule has 0 heterocycles. The molecule has 0 aliphatic carbocycles. The van der Waals surface area contributed by atoms with Crippen LogP contribution in [0.3, 0.4) is 0 Å². The van der Waals surface area contributed by atoms with Gasteiger partial charge in [-0.3, -0.25) is 4.79 Å². The van der Waals surface area contributed by atoms with Gasteiger partial charge in [-0.2, -0.15) is 4.99 Å². The van der Waals surface area contributed by atoms with Gasteiger partial charge in [0.15, 0.2) is 5.96 Å². The highest BCUT2D eigenvalue weighted by molar-refractivity contribution is 6.03. The van der Waals surface area contributed by atoms with Crippen LogP contribution in [0.2, 0.25) is 0 Å². The highest BCUT2D eigenvalue weighted by Gasteiger charge is 2.03. The van der Waals surface area contributed by atoms with E-state index in [0.717, 1.165) is 11.3 Å². The van der Waals surface area contributed by atoms with Crippen molar-refractivity contribution in [3.05, 3.63) is 35.4 Å². The topological polar surface area (TPSA) is 84.7 Å². The van der Waals surface area contributed by atoms with Gasteiger partial charge in [0.1, 0.15) is 0 Å². The predicted molar refractivity (Wildman–Crippen MR) is 89.7 cm³/mol. The summed E-state index contributed by atoms with van der Waals surface area (Å²) in [5, 5.41) is 0. The second-order valence-corrected chi connectivity index (χ2v) is 4.16. The summed E-state index contributed by atoms with van der Waals surface area (Å²) in [5.41, 5.74) is 12.8. The maximum atomic E-state index is 11.5. The molecule has 0 aromatic heterocycles. The summed E-state index contributed by atoms with van der Waals surface area (Å²) in [6.45, 7) is 1.68. The molecule has 0 aliphatic heterocycles. The number of aliphatic imine (C=N–C) groups is 1. The van der Waals surface area contributed by atoms with E-state index in [1.165, 1.54) is 0 Å².